The Bertz CT molecular complexity index is 1320. The van der Waals surface area contributed by atoms with E-state index in [0.717, 1.165) is 4.47 Å². The number of halogens is 4. The number of alkyl carbamates (subject to hydrolysis) is 2. The number of rotatable bonds is 7. The fraction of sp³-hybridized carbons (Fsp3) is 0.467. The van der Waals surface area contributed by atoms with E-state index in [4.69, 9.17) is 37.8 Å². The van der Waals surface area contributed by atoms with Crippen molar-refractivity contribution in [1.82, 2.24) is 10.6 Å². The summed E-state index contributed by atoms with van der Waals surface area (Å²) in [5.41, 5.74) is -0.664. The van der Waals surface area contributed by atoms with Crippen LogP contribution in [0.1, 0.15) is 47.1 Å². The fourth-order valence-corrected chi connectivity index (χ4v) is 4.20. The highest BCUT2D eigenvalue weighted by molar-refractivity contribution is 14.1. The number of hydrogen-bond acceptors (Lipinski definition) is 10. The largest absolute Gasteiger partial charge is 0.508 e. The Morgan fingerprint density at radius 2 is 1.20 bits per heavy atom. The minimum Gasteiger partial charge on any atom is -0.508 e. The van der Waals surface area contributed by atoms with Gasteiger partial charge in [-0.2, -0.15) is 0 Å². The lowest BCUT2D eigenvalue weighted by atomic mass is 10.1. The molecule has 2 aromatic carbocycles. The quantitative estimate of drug-likeness (QED) is 0.0989. The summed E-state index contributed by atoms with van der Waals surface area (Å²) < 4.78 is 20.5. The summed E-state index contributed by atoms with van der Waals surface area (Å²) in [5, 5.41) is 23.9. The zero-order chi connectivity index (χ0) is 35.8. The molecule has 4 N–H and O–H groups in total. The van der Waals surface area contributed by atoms with Gasteiger partial charge >= 0.3 is 24.1 Å². The summed E-state index contributed by atoms with van der Waals surface area (Å²) >= 11 is 16.8. The van der Waals surface area contributed by atoms with Crippen molar-refractivity contribution in [2.24, 2.45) is 0 Å². The summed E-state index contributed by atoms with van der Waals surface area (Å²) in [5.74, 6) is -0.892. The lowest BCUT2D eigenvalue weighted by Crippen LogP contribution is -2.45. The van der Waals surface area contributed by atoms with Crippen molar-refractivity contribution < 1.29 is 48.3 Å². The van der Waals surface area contributed by atoms with Gasteiger partial charge < -0.3 is 39.8 Å². The van der Waals surface area contributed by atoms with E-state index in [9.17, 15) is 24.3 Å². The predicted molar refractivity (Wildman–Crippen MR) is 187 cm³/mol. The monoisotopic (exact) mass is 864 g/mol. The van der Waals surface area contributed by atoms with Gasteiger partial charge in [-0.15, -0.1) is 0 Å². The molecule has 0 saturated carbocycles. The number of amides is 2. The van der Waals surface area contributed by atoms with Crippen LogP contribution < -0.4 is 10.6 Å². The molecule has 0 radical (unpaired) electrons. The normalized spacial score (nSPS) is 12.0. The summed E-state index contributed by atoms with van der Waals surface area (Å²) in [4.78, 5) is 46.1. The van der Waals surface area contributed by atoms with Crippen LogP contribution in [0.2, 0.25) is 10.0 Å². The zero-order valence-corrected chi connectivity index (χ0v) is 32.0. The van der Waals surface area contributed by atoms with Gasteiger partial charge in [0.2, 0.25) is 0 Å². The highest BCUT2D eigenvalue weighted by Gasteiger charge is 2.26. The highest BCUT2D eigenvalue weighted by atomic mass is 127. The van der Waals surface area contributed by atoms with Gasteiger partial charge in [0, 0.05) is 20.3 Å². The molecule has 2 amide bonds. The maximum atomic E-state index is 11.8. The second-order valence-electron chi connectivity index (χ2n) is 11.2. The van der Waals surface area contributed by atoms with Crippen LogP contribution in [0, 0.1) is 0 Å². The van der Waals surface area contributed by atoms with Crippen LogP contribution in [0.15, 0.2) is 40.9 Å². The van der Waals surface area contributed by atoms with Crippen LogP contribution in [0.5, 0.6) is 11.5 Å². The molecule has 12 nitrogen and oxygen atoms in total. The van der Waals surface area contributed by atoms with Gasteiger partial charge in [0.05, 0.1) is 19.2 Å². The number of methoxy groups -OCH3 is 2. The number of benzene rings is 2. The molecule has 0 aliphatic heterocycles. The standard InChI is InChI=1S/C15H20ClNO5.C9H16INO4.C6H4BrClO/c1-15(2,3)22-14(20)17-12(13(19)21-4)7-9-5-6-10(18)8-11(9)16;1-9(2,3)15-8(13)11-6(5-10)7(12)14-4;7-5-2-1-4(9)3-6(5)8/h5-6,8,12,18H,7H2,1-4H3,(H,17,20);6H,5H2,1-4H3,(H,11,13);1-3,9H/t12-;6-;/m00./s1. The topological polar surface area (TPSA) is 170 Å². The number of ether oxygens (including phenoxy) is 4. The van der Waals surface area contributed by atoms with E-state index in [1.165, 1.54) is 32.4 Å². The van der Waals surface area contributed by atoms with Gasteiger partial charge in [-0.3, -0.25) is 0 Å². The molecule has 0 aliphatic carbocycles. The smallest absolute Gasteiger partial charge is 0.408 e. The summed E-state index contributed by atoms with van der Waals surface area (Å²) in [7, 11) is 2.50. The van der Waals surface area contributed by atoms with Crippen LogP contribution in [0.4, 0.5) is 9.59 Å². The van der Waals surface area contributed by atoms with E-state index in [2.05, 4.69) is 36.0 Å². The summed E-state index contributed by atoms with van der Waals surface area (Å²) in [6.07, 6.45) is -1.22. The molecule has 0 bridgehead atoms. The van der Waals surface area contributed by atoms with Crippen LogP contribution in [0.25, 0.3) is 0 Å². The molecule has 0 saturated heterocycles. The maximum absolute atomic E-state index is 11.8. The number of phenols is 2. The molecule has 2 atom stereocenters. The zero-order valence-electron chi connectivity index (χ0n) is 26.7. The average Bonchev–Trinajstić information content (AvgIpc) is 2.92. The minimum absolute atomic E-state index is 0.0171. The molecule has 16 heteroatoms. The fourth-order valence-electron chi connectivity index (χ4n) is 2.94. The minimum atomic E-state index is -0.943. The molecule has 0 aliphatic rings. The molecular formula is C30H40BrCl2IN2O10. The number of aromatic hydroxyl groups is 2. The molecule has 2 aromatic rings. The van der Waals surface area contributed by atoms with Gasteiger partial charge in [0.15, 0.2) is 0 Å². The Morgan fingerprint density at radius 3 is 1.57 bits per heavy atom. The first-order chi connectivity index (χ1) is 21.1. The summed E-state index contributed by atoms with van der Waals surface area (Å²) in [6.45, 7) is 10.4. The molecule has 258 valence electrons. The number of esters is 2. The number of alkyl halides is 1. The molecule has 2 rings (SSSR count). The molecule has 46 heavy (non-hydrogen) atoms. The van der Waals surface area contributed by atoms with Gasteiger partial charge in [-0.05, 0) is 93.4 Å². The molecule has 0 unspecified atom stereocenters. The highest BCUT2D eigenvalue weighted by Crippen LogP contribution is 2.26. The van der Waals surface area contributed by atoms with Crippen molar-refractivity contribution in [3.8, 4) is 11.5 Å². The number of carbonyl (C=O) groups is 4. The van der Waals surface area contributed by atoms with Gasteiger partial charge in [-0.1, -0.05) is 51.9 Å². The van der Waals surface area contributed by atoms with Gasteiger partial charge in [0.1, 0.15) is 34.8 Å². The first kappa shape index (κ1) is 43.3. The van der Waals surface area contributed by atoms with Crippen molar-refractivity contribution in [3.63, 3.8) is 0 Å². The molecule has 0 heterocycles. The Morgan fingerprint density at radius 1 is 0.783 bits per heavy atom. The van der Waals surface area contributed by atoms with E-state index in [0.29, 0.717) is 20.0 Å². The SMILES string of the molecule is COC(=O)[C@H](CI)NC(=O)OC(C)(C)C.COC(=O)[C@H](Cc1ccc(O)cc1Cl)NC(=O)OC(C)(C)C.Oc1ccc(Br)c(Cl)c1. The third-order valence-electron chi connectivity index (χ3n) is 4.87. The number of nitrogens with one attached hydrogen (secondary N) is 2. The number of carbonyl (C=O) groups excluding carboxylic acids is 4. The average molecular weight is 866 g/mol. The third-order valence-corrected chi connectivity index (χ3v) is 7.34. The lowest BCUT2D eigenvalue weighted by Gasteiger charge is -2.22. The van der Waals surface area contributed by atoms with E-state index in [-0.39, 0.29) is 17.9 Å². The Balaban J connectivity index is 0.000000725. The van der Waals surface area contributed by atoms with E-state index >= 15 is 0 Å². The van der Waals surface area contributed by atoms with Crippen molar-refractivity contribution in [3.05, 3.63) is 56.5 Å². The second-order valence-corrected chi connectivity index (χ2v) is 13.7. The van der Waals surface area contributed by atoms with Gasteiger partial charge in [0.25, 0.3) is 0 Å². The second kappa shape index (κ2) is 20.5. The van der Waals surface area contributed by atoms with Crippen molar-refractivity contribution in [2.45, 2.75) is 71.2 Å². The maximum Gasteiger partial charge on any atom is 0.408 e. The molecule has 0 aromatic heterocycles. The molecular weight excluding hydrogens is 826 g/mol. The number of hydrogen-bond donors (Lipinski definition) is 4. The third kappa shape index (κ3) is 19.1. The summed E-state index contributed by atoms with van der Waals surface area (Å²) in [6, 6.07) is 7.51. The van der Waals surface area contributed by atoms with Crippen LogP contribution in [0.3, 0.4) is 0 Å². The predicted octanol–water partition coefficient (Wildman–Crippen LogP) is 6.95. The lowest BCUT2D eigenvalue weighted by molar-refractivity contribution is -0.143. The van der Waals surface area contributed by atoms with Crippen LogP contribution >= 0.6 is 61.7 Å². The van der Waals surface area contributed by atoms with Crippen molar-refractivity contribution in [1.29, 1.82) is 0 Å². The Kier molecular flexibility index (Phi) is 19.3. The molecule has 0 fully saturated rings. The van der Waals surface area contributed by atoms with E-state index < -0.39 is 47.4 Å². The van der Waals surface area contributed by atoms with Crippen LogP contribution in [-0.2, 0) is 35.0 Å². The van der Waals surface area contributed by atoms with Crippen LogP contribution in [-0.4, -0.2) is 76.3 Å². The Labute approximate surface area is 301 Å². The van der Waals surface area contributed by atoms with E-state index in [1.54, 1.807) is 59.7 Å². The van der Waals surface area contributed by atoms with Gasteiger partial charge in [-0.25, -0.2) is 19.2 Å². The van der Waals surface area contributed by atoms with Crippen molar-refractivity contribution >= 4 is 85.8 Å². The van der Waals surface area contributed by atoms with E-state index in [1.807, 2.05) is 22.6 Å². The first-order valence-electron chi connectivity index (χ1n) is 13.4. The Hall–Kier alpha value is -2.69. The van der Waals surface area contributed by atoms with Crippen molar-refractivity contribution in [2.75, 3.05) is 18.6 Å². The first-order valence-corrected chi connectivity index (χ1v) is 16.5. The number of phenolic OH excluding ortho intramolecular Hbond substituents is 2. The molecule has 0 spiro atoms.